The SMILES string of the molecule is C[C@H](NC(=O)c1cc(O)ccc1NC(=O)c1ccc(OC2CCCC2)cc1)c1ccccc1. The monoisotopic (exact) mass is 444 g/mol. The molecule has 2 amide bonds. The number of ether oxygens (including phenoxy) is 1. The van der Waals surface area contributed by atoms with Gasteiger partial charge in [0, 0.05) is 5.56 Å². The Morgan fingerprint density at radius 2 is 1.64 bits per heavy atom. The smallest absolute Gasteiger partial charge is 0.255 e. The largest absolute Gasteiger partial charge is 0.508 e. The topological polar surface area (TPSA) is 87.7 Å². The Bertz CT molecular complexity index is 1110. The summed E-state index contributed by atoms with van der Waals surface area (Å²) in [6.45, 7) is 1.88. The first-order chi connectivity index (χ1) is 16.0. The van der Waals surface area contributed by atoms with Crippen LogP contribution in [0.2, 0.25) is 0 Å². The lowest BCUT2D eigenvalue weighted by molar-refractivity contribution is 0.0940. The third-order valence-electron chi connectivity index (χ3n) is 5.86. The van der Waals surface area contributed by atoms with E-state index in [0.717, 1.165) is 24.2 Å². The Hall–Kier alpha value is -3.80. The fraction of sp³-hybridized carbons (Fsp3) is 0.259. The number of nitrogens with one attached hydrogen (secondary N) is 2. The van der Waals surface area contributed by atoms with E-state index in [1.807, 2.05) is 37.3 Å². The fourth-order valence-electron chi connectivity index (χ4n) is 4.01. The molecule has 170 valence electrons. The molecule has 0 heterocycles. The number of carbonyl (C=O) groups excluding carboxylic acids is 2. The van der Waals surface area contributed by atoms with Gasteiger partial charge in [-0.15, -0.1) is 0 Å². The number of hydrogen-bond donors (Lipinski definition) is 3. The number of hydrogen-bond acceptors (Lipinski definition) is 4. The summed E-state index contributed by atoms with van der Waals surface area (Å²) in [5.41, 5.74) is 1.91. The Balaban J connectivity index is 1.45. The zero-order valence-electron chi connectivity index (χ0n) is 18.6. The van der Waals surface area contributed by atoms with E-state index in [2.05, 4.69) is 10.6 Å². The molecule has 0 aliphatic heterocycles. The average Bonchev–Trinajstić information content (AvgIpc) is 3.34. The van der Waals surface area contributed by atoms with Crippen molar-refractivity contribution in [1.29, 1.82) is 0 Å². The molecule has 3 aromatic rings. The predicted molar refractivity (Wildman–Crippen MR) is 128 cm³/mol. The van der Waals surface area contributed by atoms with Crippen molar-refractivity contribution in [2.75, 3.05) is 5.32 Å². The zero-order chi connectivity index (χ0) is 23.2. The molecule has 0 radical (unpaired) electrons. The standard InChI is InChI=1S/C27H28N2O4/c1-18(19-7-3-2-4-8-19)28-27(32)24-17-21(30)13-16-25(24)29-26(31)20-11-14-23(15-12-20)33-22-9-5-6-10-22/h2-4,7-8,11-18,22,30H,5-6,9-10H2,1H3,(H,28,32)(H,29,31)/t18-/m0/s1. The second-order valence-corrected chi connectivity index (χ2v) is 8.34. The van der Waals surface area contributed by atoms with E-state index in [1.54, 1.807) is 24.3 Å². The van der Waals surface area contributed by atoms with E-state index in [-0.39, 0.29) is 29.4 Å². The van der Waals surface area contributed by atoms with Gasteiger partial charge in [0.05, 0.1) is 23.4 Å². The first-order valence-corrected chi connectivity index (χ1v) is 11.3. The number of benzene rings is 3. The van der Waals surface area contributed by atoms with Gasteiger partial charge in [-0.05, 0) is 80.6 Å². The highest BCUT2D eigenvalue weighted by Gasteiger charge is 2.19. The van der Waals surface area contributed by atoms with Crippen molar-refractivity contribution in [2.24, 2.45) is 0 Å². The van der Waals surface area contributed by atoms with E-state index in [0.29, 0.717) is 11.3 Å². The highest BCUT2D eigenvalue weighted by atomic mass is 16.5. The number of anilines is 1. The number of carbonyl (C=O) groups is 2. The van der Waals surface area contributed by atoms with E-state index in [9.17, 15) is 14.7 Å². The van der Waals surface area contributed by atoms with Crippen LogP contribution in [0.15, 0.2) is 72.8 Å². The molecule has 0 unspecified atom stereocenters. The van der Waals surface area contributed by atoms with Crippen molar-refractivity contribution in [3.05, 3.63) is 89.5 Å². The van der Waals surface area contributed by atoms with Crippen LogP contribution in [0, 0.1) is 0 Å². The van der Waals surface area contributed by atoms with Gasteiger partial charge in [0.2, 0.25) is 0 Å². The van der Waals surface area contributed by atoms with E-state index in [1.165, 1.54) is 31.0 Å². The molecule has 1 fully saturated rings. The van der Waals surface area contributed by atoms with Crippen molar-refractivity contribution in [3.8, 4) is 11.5 Å². The molecule has 3 N–H and O–H groups in total. The molecule has 0 saturated heterocycles. The normalized spacial score (nSPS) is 14.5. The molecular weight excluding hydrogens is 416 g/mol. The molecule has 0 aromatic heterocycles. The molecule has 6 nitrogen and oxygen atoms in total. The summed E-state index contributed by atoms with van der Waals surface area (Å²) in [6.07, 6.45) is 4.77. The molecule has 1 aliphatic rings. The van der Waals surface area contributed by atoms with Crippen molar-refractivity contribution >= 4 is 17.5 Å². The first-order valence-electron chi connectivity index (χ1n) is 11.3. The van der Waals surface area contributed by atoms with Gasteiger partial charge in [0.1, 0.15) is 11.5 Å². The van der Waals surface area contributed by atoms with Crippen molar-refractivity contribution in [2.45, 2.75) is 44.8 Å². The predicted octanol–water partition coefficient (Wildman–Crippen LogP) is 5.46. The summed E-state index contributed by atoms with van der Waals surface area (Å²) < 4.78 is 5.95. The summed E-state index contributed by atoms with van der Waals surface area (Å²) >= 11 is 0. The summed E-state index contributed by atoms with van der Waals surface area (Å²) in [4.78, 5) is 25.8. The Morgan fingerprint density at radius 1 is 0.939 bits per heavy atom. The summed E-state index contributed by atoms with van der Waals surface area (Å²) in [5, 5.41) is 15.6. The van der Waals surface area contributed by atoms with Crippen LogP contribution < -0.4 is 15.4 Å². The van der Waals surface area contributed by atoms with Gasteiger partial charge in [-0.1, -0.05) is 30.3 Å². The number of rotatable bonds is 7. The van der Waals surface area contributed by atoms with Crippen molar-refractivity contribution in [3.63, 3.8) is 0 Å². The van der Waals surface area contributed by atoms with Gasteiger partial charge in [-0.2, -0.15) is 0 Å². The number of amides is 2. The first kappa shape index (κ1) is 22.4. The highest BCUT2D eigenvalue weighted by molar-refractivity contribution is 6.09. The van der Waals surface area contributed by atoms with Crippen LogP contribution in [0.1, 0.15) is 64.9 Å². The molecule has 0 bridgehead atoms. The number of aromatic hydroxyl groups is 1. The van der Waals surface area contributed by atoms with Crippen LogP contribution in [-0.2, 0) is 0 Å². The van der Waals surface area contributed by atoms with Crippen LogP contribution in [0.25, 0.3) is 0 Å². The minimum absolute atomic E-state index is 0.0565. The highest BCUT2D eigenvalue weighted by Crippen LogP contribution is 2.26. The van der Waals surface area contributed by atoms with Gasteiger partial charge in [0.25, 0.3) is 11.8 Å². The molecule has 1 saturated carbocycles. The molecule has 0 spiro atoms. The molecular formula is C27H28N2O4. The van der Waals surface area contributed by atoms with Gasteiger partial charge < -0.3 is 20.5 Å². The molecule has 33 heavy (non-hydrogen) atoms. The Morgan fingerprint density at radius 3 is 2.33 bits per heavy atom. The molecule has 4 rings (SSSR count). The minimum atomic E-state index is -0.391. The van der Waals surface area contributed by atoms with Crippen molar-refractivity contribution < 1.29 is 19.4 Å². The number of phenols is 1. The third kappa shape index (κ3) is 5.71. The van der Waals surface area contributed by atoms with Gasteiger partial charge in [0.15, 0.2) is 0 Å². The van der Waals surface area contributed by atoms with Gasteiger partial charge >= 0.3 is 0 Å². The van der Waals surface area contributed by atoms with Crippen molar-refractivity contribution in [1.82, 2.24) is 5.32 Å². The molecule has 1 atom stereocenters. The van der Waals surface area contributed by atoms with E-state index < -0.39 is 5.91 Å². The average molecular weight is 445 g/mol. The quantitative estimate of drug-likeness (QED) is 0.423. The van der Waals surface area contributed by atoms with Gasteiger partial charge in [-0.25, -0.2) is 0 Å². The summed E-state index contributed by atoms with van der Waals surface area (Å²) in [6, 6.07) is 20.6. The molecule has 1 aliphatic carbocycles. The minimum Gasteiger partial charge on any atom is -0.508 e. The summed E-state index contributed by atoms with van der Waals surface area (Å²) in [5.74, 6) is -0.0481. The second-order valence-electron chi connectivity index (χ2n) is 8.34. The zero-order valence-corrected chi connectivity index (χ0v) is 18.6. The van der Waals surface area contributed by atoms with E-state index in [4.69, 9.17) is 4.74 Å². The van der Waals surface area contributed by atoms with Crippen LogP contribution in [0.5, 0.6) is 11.5 Å². The maximum Gasteiger partial charge on any atom is 0.255 e. The van der Waals surface area contributed by atoms with Crippen LogP contribution in [0.3, 0.4) is 0 Å². The van der Waals surface area contributed by atoms with Gasteiger partial charge in [-0.3, -0.25) is 9.59 Å². The van der Waals surface area contributed by atoms with E-state index >= 15 is 0 Å². The van der Waals surface area contributed by atoms with Crippen LogP contribution >= 0.6 is 0 Å². The fourth-order valence-corrected chi connectivity index (χ4v) is 4.01. The van der Waals surface area contributed by atoms with Crippen LogP contribution in [0.4, 0.5) is 5.69 Å². The molecule has 6 heteroatoms. The Kier molecular flexibility index (Phi) is 6.93. The number of phenolic OH excluding ortho intramolecular Hbond substituents is 1. The maximum atomic E-state index is 12.9. The van der Waals surface area contributed by atoms with Crippen LogP contribution in [-0.4, -0.2) is 23.0 Å². The summed E-state index contributed by atoms with van der Waals surface area (Å²) in [7, 11) is 0. The third-order valence-corrected chi connectivity index (χ3v) is 5.86. The lowest BCUT2D eigenvalue weighted by Gasteiger charge is -2.17. The lowest BCUT2D eigenvalue weighted by atomic mass is 10.1. The Labute approximate surface area is 193 Å². The second kappa shape index (κ2) is 10.2. The maximum absolute atomic E-state index is 12.9. The lowest BCUT2D eigenvalue weighted by Crippen LogP contribution is -2.28. The molecule has 3 aromatic carbocycles.